The molecule has 22 heavy (non-hydrogen) atoms. The minimum absolute atomic E-state index is 0.146. The van der Waals surface area contributed by atoms with Crippen LogP contribution in [-0.4, -0.2) is 17.0 Å². The van der Waals surface area contributed by atoms with Crippen LogP contribution < -0.4 is 10.9 Å². The maximum absolute atomic E-state index is 12.0. The number of pyridine rings is 1. The largest absolute Gasteiger partial charge is 0.341 e. The Balaban J connectivity index is 2.29. The van der Waals surface area contributed by atoms with Gasteiger partial charge in [-0.15, -0.1) is 6.42 Å². The van der Waals surface area contributed by atoms with E-state index in [1.807, 2.05) is 26.0 Å². The fraction of sp³-hybridized carbons (Fsp3) is 0.222. The second kappa shape index (κ2) is 6.77. The number of terminal acetylenes is 1. The summed E-state index contributed by atoms with van der Waals surface area (Å²) in [6.07, 6.45) is 6.68. The number of hydrogen-bond acceptors (Lipinski definition) is 2. The van der Waals surface area contributed by atoms with Crippen LogP contribution in [0, 0.1) is 26.2 Å². The van der Waals surface area contributed by atoms with Crippen LogP contribution in [0.2, 0.25) is 0 Å². The highest BCUT2D eigenvalue weighted by Crippen LogP contribution is 2.10. The minimum Gasteiger partial charge on any atom is -0.341 e. The molecule has 1 amide bonds. The molecule has 0 unspecified atom stereocenters. The molecule has 2 aromatic rings. The van der Waals surface area contributed by atoms with Crippen LogP contribution in [0.4, 0.5) is 0 Å². The van der Waals surface area contributed by atoms with Gasteiger partial charge in [-0.05, 0) is 25.5 Å². The Morgan fingerprint density at radius 1 is 1.23 bits per heavy atom. The van der Waals surface area contributed by atoms with Crippen molar-refractivity contribution in [3.05, 3.63) is 69.1 Å². The van der Waals surface area contributed by atoms with Crippen LogP contribution in [0.1, 0.15) is 27.0 Å². The Morgan fingerprint density at radius 3 is 2.55 bits per heavy atom. The van der Waals surface area contributed by atoms with Crippen molar-refractivity contribution in [2.45, 2.75) is 20.4 Å². The standard InChI is InChI=1S/C18H18N2O2/c1-4-7-19-18(22)16-5-6-17(21)20(12-16)11-15-9-13(2)8-14(3)10-15/h1,5-6,8-10,12H,7,11H2,2-3H3,(H,19,22). The predicted octanol–water partition coefficient (Wildman–Crippen LogP) is 1.88. The van der Waals surface area contributed by atoms with Crippen molar-refractivity contribution in [1.29, 1.82) is 0 Å². The van der Waals surface area contributed by atoms with Crippen molar-refractivity contribution >= 4 is 5.91 Å². The van der Waals surface area contributed by atoms with E-state index < -0.39 is 0 Å². The van der Waals surface area contributed by atoms with E-state index in [0.717, 1.165) is 16.7 Å². The molecule has 0 spiro atoms. The van der Waals surface area contributed by atoms with Crippen LogP contribution in [0.25, 0.3) is 0 Å². The van der Waals surface area contributed by atoms with Gasteiger partial charge in [0.05, 0.1) is 18.7 Å². The zero-order valence-electron chi connectivity index (χ0n) is 12.7. The maximum Gasteiger partial charge on any atom is 0.253 e. The van der Waals surface area contributed by atoms with Crippen LogP contribution in [0.3, 0.4) is 0 Å². The molecule has 2 rings (SSSR count). The summed E-state index contributed by atoms with van der Waals surface area (Å²) in [5, 5.41) is 2.59. The third kappa shape index (κ3) is 3.86. The highest BCUT2D eigenvalue weighted by atomic mass is 16.2. The molecule has 0 bridgehead atoms. The predicted molar refractivity (Wildman–Crippen MR) is 86.9 cm³/mol. The first-order valence-electron chi connectivity index (χ1n) is 6.99. The van der Waals surface area contributed by atoms with Crippen molar-refractivity contribution in [3.8, 4) is 12.3 Å². The molecule has 0 aliphatic carbocycles. The Kier molecular flexibility index (Phi) is 4.80. The molecular weight excluding hydrogens is 276 g/mol. The van der Waals surface area contributed by atoms with Gasteiger partial charge in [0.25, 0.3) is 11.5 Å². The van der Waals surface area contributed by atoms with Crippen molar-refractivity contribution < 1.29 is 4.79 Å². The van der Waals surface area contributed by atoms with E-state index in [0.29, 0.717) is 12.1 Å². The van der Waals surface area contributed by atoms with Crippen LogP contribution >= 0.6 is 0 Å². The zero-order valence-corrected chi connectivity index (χ0v) is 12.7. The normalized spacial score (nSPS) is 10.0. The van der Waals surface area contributed by atoms with Crippen LogP contribution in [0.15, 0.2) is 41.3 Å². The number of carbonyl (C=O) groups excluding carboxylic acids is 1. The highest BCUT2D eigenvalue weighted by molar-refractivity contribution is 5.93. The molecule has 0 aliphatic heterocycles. The molecule has 0 saturated carbocycles. The molecule has 4 heteroatoms. The molecule has 112 valence electrons. The summed E-state index contributed by atoms with van der Waals surface area (Å²) in [5.74, 6) is 2.06. The van der Waals surface area contributed by atoms with Crippen LogP contribution in [0.5, 0.6) is 0 Å². The molecule has 0 atom stereocenters. The molecule has 4 nitrogen and oxygen atoms in total. The van der Waals surface area contributed by atoms with E-state index in [2.05, 4.69) is 17.3 Å². The third-order valence-corrected chi connectivity index (χ3v) is 3.23. The van der Waals surface area contributed by atoms with E-state index in [9.17, 15) is 9.59 Å². The average molecular weight is 294 g/mol. The summed E-state index contributed by atoms with van der Waals surface area (Å²) >= 11 is 0. The molecule has 0 fully saturated rings. The number of hydrogen-bond donors (Lipinski definition) is 1. The summed E-state index contributed by atoms with van der Waals surface area (Å²) in [5.41, 5.74) is 3.59. The maximum atomic E-state index is 12.0. The quantitative estimate of drug-likeness (QED) is 0.875. The molecule has 0 radical (unpaired) electrons. The number of aryl methyl sites for hydroxylation is 2. The second-order valence-electron chi connectivity index (χ2n) is 5.27. The van der Waals surface area contributed by atoms with E-state index in [4.69, 9.17) is 6.42 Å². The Bertz CT molecular complexity index is 777. The average Bonchev–Trinajstić information content (AvgIpc) is 2.46. The molecule has 0 aliphatic rings. The zero-order chi connectivity index (χ0) is 16.1. The van der Waals surface area contributed by atoms with E-state index >= 15 is 0 Å². The summed E-state index contributed by atoms with van der Waals surface area (Å²) in [7, 11) is 0. The van der Waals surface area contributed by atoms with Crippen LogP contribution in [-0.2, 0) is 6.54 Å². The first-order chi connectivity index (χ1) is 10.5. The lowest BCUT2D eigenvalue weighted by Gasteiger charge is -2.10. The minimum atomic E-state index is -0.285. The van der Waals surface area contributed by atoms with Crippen molar-refractivity contribution in [1.82, 2.24) is 9.88 Å². The number of rotatable bonds is 4. The van der Waals surface area contributed by atoms with Crippen molar-refractivity contribution in [3.63, 3.8) is 0 Å². The molecule has 1 heterocycles. The molecule has 1 N–H and O–H groups in total. The number of amides is 1. The number of nitrogens with one attached hydrogen (secondary N) is 1. The van der Waals surface area contributed by atoms with E-state index in [1.54, 1.807) is 6.20 Å². The van der Waals surface area contributed by atoms with Gasteiger partial charge in [0.2, 0.25) is 0 Å². The number of nitrogens with zero attached hydrogens (tertiary/aromatic N) is 1. The van der Waals surface area contributed by atoms with Crippen molar-refractivity contribution in [2.24, 2.45) is 0 Å². The fourth-order valence-corrected chi connectivity index (χ4v) is 2.38. The Hall–Kier alpha value is -2.80. The fourth-order valence-electron chi connectivity index (χ4n) is 2.38. The lowest BCUT2D eigenvalue weighted by atomic mass is 10.1. The van der Waals surface area contributed by atoms with E-state index in [-0.39, 0.29) is 18.0 Å². The van der Waals surface area contributed by atoms with Gasteiger partial charge < -0.3 is 9.88 Å². The van der Waals surface area contributed by atoms with Gasteiger partial charge in [0.15, 0.2) is 0 Å². The lowest BCUT2D eigenvalue weighted by molar-refractivity contribution is 0.0958. The molecule has 1 aromatic heterocycles. The smallest absolute Gasteiger partial charge is 0.253 e. The van der Waals surface area contributed by atoms with Gasteiger partial charge in [-0.3, -0.25) is 9.59 Å². The monoisotopic (exact) mass is 294 g/mol. The Morgan fingerprint density at radius 2 is 1.91 bits per heavy atom. The van der Waals surface area contributed by atoms with Gasteiger partial charge in [-0.2, -0.15) is 0 Å². The number of benzene rings is 1. The lowest BCUT2D eigenvalue weighted by Crippen LogP contribution is -2.27. The van der Waals surface area contributed by atoms with Crippen molar-refractivity contribution in [2.75, 3.05) is 6.54 Å². The molecule has 0 saturated heterocycles. The SMILES string of the molecule is C#CCNC(=O)c1ccc(=O)n(Cc2cc(C)cc(C)c2)c1. The number of carbonyl (C=O) groups is 1. The van der Waals surface area contributed by atoms with Gasteiger partial charge in [-0.25, -0.2) is 0 Å². The Labute approximate surface area is 129 Å². The topological polar surface area (TPSA) is 51.1 Å². The molecular formula is C18H18N2O2. The van der Waals surface area contributed by atoms with Gasteiger partial charge in [0, 0.05) is 12.3 Å². The highest BCUT2D eigenvalue weighted by Gasteiger charge is 2.07. The van der Waals surface area contributed by atoms with E-state index in [1.165, 1.54) is 16.7 Å². The third-order valence-electron chi connectivity index (χ3n) is 3.23. The van der Waals surface area contributed by atoms with Gasteiger partial charge in [0.1, 0.15) is 0 Å². The summed E-state index contributed by atoms with van der Waals surface area (Å²) < 4.78 is 1.53. The summed E-state index contributed by atoms with van der Waals surface area (Å²) in [6.45, 7) is 4.62. The van der Waals surface area contributed by atoms with Gasteiger partial charge in [-0.1, -0.05) is 35.2 Å². The second-order valence-corrected chi connectivity index (χ2v) is 5.27. The molecule has 1 aromatic carbocycles. The first kappa shape index (κ1) is 15.6. The number of aromatic nitrogens is 1. The summed E-state index contributed by atoms with van der Waals surface area (Å²) in [4.78, 5) is 23.9. The first-order valence-corrected chi connectivity index (χ1v) is 6.99. The van der Waals surface area contributed by atoms with Gasteiger partial charge >= 0.3 is 0 Å². The summed E-state index contributed by atoms with van der Waals surface area (Å²) in [6, 6.07) is 9.05.